The minimum atomic E-state index is -1.18. The number of carbonyl (C=O) groups is 2. The van der Waals surface area contributed by atoms with Crippen LogP contribution in [0.3, 0.4) is 0 Å². The number of piperidine rings is 1. The zero-order valence-electron chi connectivity index (χ0n) is 13.7. The van der Waals surface area contributed by atoms with E-state index < -0.39 is 12.0 Å². The molecule has 0 aromatic rings. The van der Waals surface area contributed by atoms with Crippen LogP contribution in [-0.4, -0.2) is 67.0 Å². The number of amides is 1. The van der Waals surface area contributed by atoms with E-state index in [9.17, 15) is 9.59 Å². The molecular weight excluding hydrogens is 270 g/mol. The van der Waals surface area contributed by atoms with E-state index in [1.165, 1.54) is 0 Å². The number of nitrogens with zero attached hydrogens (tertiary/aromatic N) is 2. The van der Waals surface area contributed by atoms with Crippen LogP contribution < -0.4 is 5.73 Å². The molecule has 2 N–H and O–H groups in total. The van der Waals surface area contributed by atoms with Crippen LogP contribution in [0.1, 0.15) is 33.6 Å². The smallest absolute Gasteiger partial charge is 0.332 e. The van der Waals surface area contributed by atoms with Gasteiger partial charge in [0, 0.05) is 25.7 Å². The van der Waals surface area contributed by atoms with E-state index >= 15 is 0 Å². The van der Waals surface area contributed by atoms with Crippen molar-refractivity contribution < 1.29 is 14.3 Å². The van der Waals surface area contributed by atoms with Crippen molar-refractivity contribution in [2.75, 3.05) is 33.3 Å². The van der Waals surface area contributed by atoms with Gasteiger partial charge in [0.2, 0.25) is 0 Å². The third kappa shape index (κ3) is 5.28. The molecule has 0 radical (unpaired) electrons. The summed E-state index contributed by atoms with van der Waals surface area (Å²) in [7, 11) is 2.12. The third-order valence-corrected chi connectivity index (χ3v) is 4.16. The van der Waals surface area contributed by atoms with E-state index in [2.05, 4.69) is 25.8 Å². The molecule has 1 aliphatic rings. The maximum absolute atomic E-state index is 12.1. The van der Waals surface area contributed by atoms with Crippen molar-refractivity contribution in [1.82, 2.24) is 9.80 Å². The van der Waals surface area contributed by atoms with Crippen LogP contribution in [0.5, 0.6) is 0 Å². The van der Waals surface area contributed by atoms with E-state index in [0.717, 1.165) is 19.4 Å². The maximum atomic E-state index is 12.1. The number of esters is 1. The lowest BCUT2D eigenvalue weighted by Gasteiger charge is -2.35. The summed E-state index contributed by atoms with van der Waals surface area (Å²) < 4.78 is 4.80. The van der Waals surface area contributed by atoms with Gasteiger partial charge in [0.25, 0.3) is 5.91 Å². The molecule has 1 saturated heterocycles. The first-order valence-electron chi connectivity index (χ1n) is 7.78. The largest absolute Gasteiger partial charge is 0.464 e. The summed E-state index contributed by atoms with van der Waals surface area (Å²) in [5.41, 5.74) is 5.66. The molecule has 21 heavy (non-hydrogen) atoms. The molecular formula is C15H29N3O3. The highest BCUT2D eigenvalue weighted by Crippen LogP contribution is 2.19. The lowest BCUT2D eigenvalue weighted by atomic mass is 9.95. The topological polar surface area (TPSA) is 75.9 Å². The van der Waals surface area contributed by atoms with Gasteiger partial charge in [0.1, 0.15) is 0 Å². The van der Waals surface area contributed by atoms with Crippen LogP contribution in [-0.2, 0) is 14.3 Å². The summed E-state index contributed by atoms with van der Waals surface area (Å²) in [6.07, 6.45) is 1.91. The molecule has 1 rings (SSSR count). The van der Waals surface area contributed by atoms with Crippen molar-refractivity contribution in [3.63, 3.8) is 0 Å². The van der Waals surface area contributed by atoms with Gasteiger partial charge < -0.3 is 20.3 Å². The Morgan fingerprint density at radius 3 is 2.38 bits per heavy atom. The fourth-order valence-electron chi connectivity index (χ4n) is 2.48. The first kappa shape index (κ1) is 17.9. The molecule has 1 amide bonds. The molecule has 0 aliphatic carbocycles. The minimum absolute atomic E-state index is 0.240. The molecule has 6 heteroatoms. The predicted octanol–water partition coefficient (Wildman–Crippen LogP) is 0.456. The van der Waals surface area contributed by atoms with Gasteiger partial charge >= 0.3 is 5.97 Å². The average Bonchev–Trinajstić information content (AvgIpc) is 2.46. The summed E-state index contributed by atoms with van der Waals surface area (Å²) in [4.78, 5) is 27.7. The lowest BCUT2D eigenvalue weighted by molar-refractivity contribution is -0.151. The molecule has 1 heterocycles. The van der Waals surface area contributed by atoms with Gasteiger partial charge in [-0.1, -0.05) is 0 Å². The van der Waals surface area contributed by atoms with Gasteiger partial charge in [0.05, 0.1) is 6.61 Å². The van der Waals surface area contributed by atoms with Crippen LogP contribution in [0.2, 0.25) is 0 Å². The van der Waals surface area contributed by atoms with Crippen LogP contribution in [0, 0.1) is 5.92 Å². The van der Waals surface area contributed by atoms with E-state index in [-0.39, 0.29) is 12.5 Å². The molecule has 122 valence electrons. The number of ether oxygens (including phenoxy) is 1. The SMILES string of the molecule is CCOC(=O)C(N)C(=O)N1CCC(CN(C)C(C)C)CC1. The number of carbonyl (C=O) groups excluding carboxylic acids is 2. The second-order valence-corrected chi connectivity index (χ2v) is 6.03. The molecule has 1 unspecified atom stereocenters. The van der Waals surface area contributed by atoms with Gasteiger partial charge in [0.15, 0.2) is 6.04 Å². The maximum Gasteiger partial charge on any atom is 0.332 e. The number of rotatable bonds is 6. The fourth-order valence-corrected chi connectivity index (χ4v) is 2.48. The Hall–Kier alpha value is -1.14. The second kappa shape index (κ2) is 8.34. The Labute approximate surface area is 127 Å². The summed E-state index contributed by atoms with van der Waals surface area (Å²) in [5, 5.41) is 0. The van der Waals surface area contributed by atoms with Crippen molar-refractivity contribution in [2.45, 2.75) is 45.7 Å². The monoisotopic (exact) mass is 299 g/mol. The Morgan fingerprint density at radius 1 is 1.33 bits per heavy atom. The number of hydrogen-bond acceptors (Lipinski definition) is 5. The molecule has 1 atom stereocenters. The molecule has 0 aromatic carbocycles. The van der Waals surface area contributed by atoms with Crippen molar-refractivity contribution >= 4 is 11.9 Å². The Morgan fingerprint density at radius 2 is 1.90 bits per heavy atom. The normalized spacial score (nSPS) is 18.1. The summed E-state index contributed by atoms with van der Waals surface area (Å²) in [6.45, 7) is 8.68. The highest BCUT2D eigenvalue weighted by atomic mass is 16.5. The van der Waals surface area contributed by atoms with Gasteiger partial charge in [-0.25, -0.2) is 4.79 Å². The highest BCUT2D eigenvalue weighted by Gasteiger charge is 2.31. The van der Waals surface area contributed by atoms with Crippen LogP contribution in [0.25, 0.3) is 0 Å². The third-order valence-electron chi connectivity index (χ3n) is 4.16. The number of hydrogen-bond donors (Lipinski definition) is 1. The van der Waals surface area contributed by atoms with Gasteiger partial charge in [-0.3, -0.25) is 4.79 Å². The molecule has 6 nitrogen and oxygen atoms in total. The van der Waals surface area contributed by atoms with E-state index in [1.54, 1.807) is 11.8 Å². The number of nitrogens with two attached hydrogens (primary N) is 1. The van der Waals surface area contributed by atoms with Crippen LogP contribution >= 0.6 is 0 Å². The van der Waals surface area contributed by atoms with E-state index in [1.807, 2.05) is 0 Å². The van der Waals surface area contributed by atoms with Crippen LogP contribution in [0.15, 0.2) is 0 Å². The Kier molecular flexibility index (Phi) is 7.11. The Balaban J connectivity index is 2.42. The molecule has 0 saturated carbocycles. The minimum Gasteiger partial charge on any atom is -0.464 e. The molecule has 1 aliphatic heterocycles. The van der Waals surface area contributed by atoms with Gasteiger partial charge in [-0.05, 0) is 46.6 Å². The zero-order chi connectivity index (χ0) is 16.0. The second-order valence-electron chi connectivity index (χ2n) is 6.03. The first-order valence-corrected chi connectivity index (χ1v) is 7.78. The van der Waals surface area contributed by atoms with Gasteiger partial charge in [-0.15, -0.1) is 0 Å². The predicted molar refractivity (Wildman–Crippen MR) is 81.7 cm³/mol. The molecule has 0 bridgehead atoms. The Bertz CT molecular complexity index is 352. The first-order chi connectivity index (χ1) is 9.86. The lowest BCUT2D eigenvalue weighted by Crippen LogP contribution is -2.51. The summed E-state index contributed by atoms with van der Waals surface area (Å²) in [6, 6.07) is -0.651. The molecule has 0 aromatic heterocycles. The number of likely N-dealkylation sites (tertiary alicyclic amines) is 1. The summed E-state index contributed by atoms with van der Waals surface area (Å²) >= 11 is 0. The van der Waals surface area contributed by atoms with Crippen molar-refractivity contribution in [1.29, 1.82) is 0 Å². The fraction of sp³-hybridized carbons (Fsp3) is 0.867. The van der Waals surface area contributed by atoms with Gasteiger partial charge in [-0.2, -0.15) is 0 Å². The zero-order valence-corrected chi connectivity index (χ0v) is 13.7. The summed E-state index contributed by atoms with van der Waals surface area (Å²) in [5.74, 6) is -0.353. The van der Waals surface area contributed by atoms with Crippen LogP contribution in [0.4, 0.5) is 0 Å². The average molecular weight is 299 g/mol. The van der Waals surface area contributed by atoms with E-state index in [0.29, 0.717) is 25.0 Å². The molecule has 1 fully saturated rings. The van der Waals surface area contributed by atoms with Crippen molar-refractivity contribution in [2.24, 2.45) is 11.7 Å². The van der Waals surface area contributed by atoms with Crippen molar-refractivity contribution in [3.8, 4) is 0 Å². The quantitative estimate of drug-likeness (QED) is 0.569. The van der Waals surface area contributed by atoms with E-state index in [4.69, 9.17) is 10.5 Å². The molecule has 0 spiro atoms. The van der Waals surface area contributed by atoms with Crippen molar-refractivity contribution in [3.05, 3.63) is 0 Å². The standard InChI is InChI=1S/C15H29N3O3/c1-5-21-15(20)13(16)14(19)18-8-6-12(7-9-18)10-17(4)11(2)3/h11-13H,5-10,16H2,1-4H3. The highest BCUT2D eigenvalue weighted by molar-refractivity contribution is 6.01.